The number of esters is 1. The summed E-state index contributed by atoms with van der Waals surface area (Å²) in [4.78, 5) is 26.4. The third-order valence-corrected chi connectivity index (χ3v) is 5.30. The number of carbonyl (C=O) groups is 1. The van der Waals surface area contributed by atoms with Gasteiger partial charge in [0.2, 0.25) is 16.9 Å². The molecule has 0 saturated carbocycles. The Bertz CT molecular complexity index is 1380. The molecule has 0 unspecified atom stereocenters. The fraction of sp³-hybridized carbons (Fsp3) is 0.120. The largest absolute Gasteiger partial charge is 0.493 e. The van der Waals surface area contributed by atoms with E-state index in [2.05, 4.69) is 0 Å². The smallest absolute Gasteiger partial charge is 0.344 e. The summed E-state index contributed by atoms with van der Waals surface area (Å²) in [7, 11) is 4.31. The lowest BCUT2D eigenvalue weighted by Gasteiger charge is -2.14. The van der Waals surface area contributed by atoms with Gasteiger partial charge in [-0.2, -0.15) is 0 Å². The van der Waals surface area contributed by atoms with E-state index >= 15 is 0 Å². The molecule has 4 rings (SSSR count). The number of rotatable bonds is 6. The standard InChI is InChI=1S/C25H19ClO7/c1-29-19-12-14(13-20(30-2)23(19)31-3)25(28)33-24-21(27)16-9-5-7-11-18(16)32-22(24)15-8-4-6-10-17(15)26/h4-13H,1-3H3. The number of fused-ring (bicyclic) bond motifs is 1. The summed E-state index contributed by atoms with van der Waals surface area (Å²) in [5, 5.41) is 0.599. The molecule has 4 aromatic rings. The maximum atomic E-state index is 13.3. The van der Waals surface area contributed by atoms with Gasteiger partial charge in [0.25, 0.3) is 0 Å². The minimum Gasteiger partial charge on any atom is -0.493 e. The molecule has 1 heterocycles. The van der Waals surface area contributed by atoms with Gasteiger partial charge in [0.15, 0.2) is 17.3 Å². The second-order valence-electron chi connectivity index (χ2n) is 6.87. The second-order valence-corrected chi connectivity index (χ2v) is 7.28. The predicted molar refractivity (Wildman–Crippen MR) is 124 cm³/mol. The first-order valence-electron chi connectivity index (χ1n) is 9.81. The highest BCUT2D eigenvalue weighted by Gasteiger charge is 2.24. The molecule has 0 aliphatic carbocycles. The molecule has 0 amide bonds. The van der Waals surface area contributed by atoms with Crippen molar-refractivity contribution < 1.29 is 28.2 Å². The number of carbonyl (C=O) groups excluding carboxylic acids is 1. The fourth-order valence-corrected chi connectivity index (χ4v) is 3.61. The van der Waals surface area contributed by atoms with Gasteiger partial charge >= 0.3 is 5.97 Å². The lowest BCUT2D eigenvalue weighted by Crippen LogP contribution is -2.16. The minimum absolute atomic E-state index is 0.0464. The third kappa shape index (κ3) is 4.10. The van der Waals surface area contributed by atoms with E-state index in [9.17, 15) is 9.59 Å². The van der Waals surface area contributed by atoms with Gasteiger partial charge in [-0.15, -0.1) is 0 Å². The molecule has 0 spiro atoms. The molecular formula is C25H19ClO7. The molecule has 0 saturated heterocycles. The zero-order valence-corrected chi connectivity index (χ0v) is 18.8. The molecule has 1 aromatic heterocycles. The highest BCUT2D eigenvalue weighted by Crippen LogP contribution is 2.39. The molecule has 0 atom stereocenters. The van der Waals surface area contributed by atoms with Crippen LogP contribution in [0.5, 0.6) is 23.0 Å². The quantitative estimate of drug-likeness (QED) is 0.354. The molecule has 0 aliphatic heterocycles. The molecule has 7 nitrogen and oxygen atoms in total. The Labute approximate surface area is 194 Å². The Morgan fingerprint density at radius 3 is 2.12 bits per heavy atom. The lowest BCUT2D eigenvalue weighted by atomic mass is 10.1. The normalized spacial score (nSPS) is 10.7. The Balaban J connectivity index is 1.88. The van der Waals surface area contributed by atoms with E-state index in [4.69, 9.17) is 35.0 Å². The van der Waals surface area contributed by atoms with Crippen molar-refractivity contribution in [2.24, 2.45) is 0 Å². The van der Waals surface area contributed by atoms with Gasteiger partial charge in [-0.25, -0.2) is 4.79 Å². The van der Waals surface area contributed by atoms with Gasteiger partial charge in [-0.3, -0.25) is 4.79 Å². The van der Waals surface area contributed by atoms with Gasteiger partial charge in [-0.05, 0) is 36.4 Å². The number of hydrogen-bond donors (Lipinski definition) is 0. The molecular weight excluding hydrogens is 448 g/mol. The Morgan fingerprint density at radius 2 is 1.48 bits per heavy atom. The van der Waals surface area contributed by atoms with Gasteiger partial charge in [0, 0.05) is 5.56 Å². The molecule has 0 fully saturated rings. The summed E-state index contributed by atoms with van der Waals surface area (Å²) in [6.07, 6.45) is 0. The summed E-state index contributed by atoms with van der Waals surface area (Å²) < 4.78 is 27.5. The van der Waals surface area contributed by atoms with Crippen LogP contribution in [0, 0.1) is 0 Å². The van der Waals surface area contributed by atoms with Crippen LogP contribution in [0.15, 0.2) is 69.9 Å². The van der Waals surface area contributed by atoms with Crippen LogP contribution in [0.25, 0.3) is 22.3 Å². The molecule has 0 bridgehead atoms. The van der Waals surface area contributed by atoms with Crippen molar-refractivity contribution in [1.29, 1.82) is 0 Å². The van der Waals surface area contributed by atoms with Crippen LogP contribution in [0.1, 0.15) is 10.4 Å². The molecule has 8 heteroatoms. The SMILES string of the molecule is COc1cc(C(=O)Oc2c(-c3ccccc3Cl)oc3ccccc3c2=O)cc(OC)c1OC. The maximum Gasteiger partial charge on any atom is 0.344 e. The van der Waals surface area contributed by atoms with E-state index in [1.165, 1.54) is 33.5 Å². The minimum atomic E-state index is -0.815. The summed E-state index contributed by atoms with van der Waals surface area (Å²) >= 11 is 6.35. The molecule has 0 radical (unpaired) electrons. The topological polar surface area (TPSA) is 84.2 Å². The number of benzene rings is 3. The Hall–Kier alpha value is -3.97. The first kappa shape index (κ1) is 22.2. The molecule has 33 heavy (non-hydrogen) atoms. The third-order valence-electron chi connectivity index (χ3n) is 4.97. The van der Waals surface area contributed by atoms with Crippen molar-refractivity contribution in [1.82, 2.24) is 0 Å². The van der Waals surface area contributed by atoms with Crippen LogP contribution in [0.3, 0.4) is 0 Å². The fourth-order valence-electron chi connectivity index (χ4n) is 3.39. The number of para-hydroxylation sites is 1. The van der Waals surface area contributed by atoms with Crippen LogP contribution >= 0.6 is 11.6 Å². The molecule has 3 aromatic carbocycles. The zero-order chi connectivity index (χ0) is 23.5. The number of ether oxygens (including phenoxy) is 4. The van der Waals surface area contributed by atoms with Gasteiger partial charge in [0.05, 0.1) is 37.3 Å². The van der Waals surface area contributed by atoms with E-state index in [1.807, 2.05) is 0 Å². The summed E-state index contributed by atoms with van der Waals surface area (Å²) in [6, 6.07) is 16.3. The van der Waals surface area contributed by atoms with Crippen LogP contribution < -0.4 is 24.4 Å². The Kier molecular flexibility index (Phi) is 6.24. The molecule has 168 valence electrons. The number of methoxy groups -OCH3 is 3. The first-order chi connectivity index (χ1) is 16.0. The average molecular weight is 467 g/mol. The summed E-state index contributed by atoms with van der Waals surface area (Å²) in [5.74, 6) is -0.198. The maximum absolute atomic E-state index is 13.3. The van der Waals surface area contributed by atoms with E-state index in [0.717, 1.165) is 0 Å². The van der Waals surface area contributed by atoms with Crippen molar-refractivity contribution in [3.05, 3.63) is 81.5 Å². The molecule has 0 aliphatic rings. The average Bonchev–Trinajstić information content (AvgIpc) is 2.85. The van der Waals surface area contributed by atoms with Crippen molar-refractivity contribution >= 4 is 28.5 Å². The number of hydrogen-bond acceptors (Lipinski definition) is 7. The van der Waals surface area contributed by atoms with Gasteiger partial charge in [0.1, 0.15) is 5.58 Å². The van der Waals surface area contributed by atoms with Crippen LogP contribution in [0.4, 0.5) is 0 Å². The van der Waals surface area contributed by atoms with E-state index in [0.29, 0.717) is 21.9 Å². The number of halogens is 1. The van der Waals surface area contributed by atoms with E-state index < -0.39 is 11.4 Å². The lowest BCUT2D eigenvalue weighted by molar-refractivity contribution is 0.0730. The van der Waals surface area contributed by atoms with E-state index in [-0.39, 0.29) is 34.0 Å². The summed E-state index contributed by atoms with van der Waals surface area (Å²) in [6.45, 7) is 0. The van der Waals surface area contributed by atoms with Gasteiger partial charge < -0.3 is 23.4 Å². The van der Waals surface area contributed by atoms with Crippen molar-refractivity contribution in [2.45, 2.75) is 0 Å². The van der Waals surface area contributed by atoms with Crippen LogP contribution in [-0.2, 0) is 0 Å². The predicted octanol–water partition coefficient (Wildman–Crippen LogP) is 5.36. The van der Waals surface area contributed by atoms with E-state index in [1.54, 1.807) is 48.5 Å². The second kappa shape index (κ2) is 9.26. The van der Waals surface area contributed by atoms with Crippen molar-refractivity contribution in [3.63, 3.8) is 0 Å². The summed E-state index contributed by atoms with van der Waals surface area (Å²) in [5.41, 5.74) is 0.328. The monoisotopic (exact) mass is 466 g/mol. The highest BCUT2D eigenvalue weighted by atomic mass is 35.5. The van der Waals surface area contributed by atoms with Crippen LogP contribution in [0.2, 0.25) is 5.02 Å². The first-order valence-corrected chi connectivity index (χ1v) is 10.2. The van der Waals surface area contributed by atoms with Crippen molar-refractivity contribution in [2.75, 3.05) is 21.3 Å². The van der Waals surface area contributed by atoms with Gasteiger partial charge in [-0.1, -0.05) is 35.9 Å². The highest BCUT2D eigenvalue weighted by molar-refractivity contribution is 6.33. The van der Waals surface area contributed by atoms with Crippen LogP contribution in [-0.4, -0.2) is 27.3 Å². The molecule has 0 N–H and O–H groups in total. The zero-order valence-electron chi connectivity index (χ0n) is 18.0. The Morgan fingerprint density at radius 1 is 0.848 bits per heavy atom. The van der Waals surface area contributed by atoms with Crippen molar-refractivity contribution in [3.8, 4) is 34.3 Å².